The Balaban J connectivity index is 4.21. The first-order valence-corrected chi connectivity index (χ1v) is 24.0. The Morgan fingerprint density at radius 3 is 1.30 bits per heavy atom. The van der Waals surface area contributed by atoms with E-state index in [0.717, 1.165) is 19.3 Å². The summed E-state index contributed by atoms with van der Waals surface area (Å²) in [5.74, 6) is 0. The zero-order valence-corrected chi connectivity index (χ0v) is 37.2. The van der Waals surface area contributed by atoms with E-state index in [9.17, 15) is 4.57 Å². The van der Waals surface area contributed by atoms with E-state index in [-0.39, 0.29) is 12.7 Å². The maximum Gasteiger partial charge on any atom is 0.474 e. The predicted octanol–water partition coefficient (Wildman–Crippen LogP) is 14.0. The molecule has 0 radical (unpaired) electrons. The van der Waals surface area contributed by atoms with E-state index >= 15 is 0 Å². The van der Waals surface area contributed by atoms with Gasteiger partial charge in [-0.1, -0.05) is 154 Å². The van der Waals surface area contributed by atoms with Gasteiger partial charge in [-0.15, -0.1) is 0 Å². The Labute approximate surface area is 331 Å². The number of unbranched alkanes of at least 4 members (excludes halogenated alkanes) is 24. The Morgan fingerprint density at radius 1 is 0.491 bits per heavy atom. The molecule has 0 aliphatic rings. The number of nitrogens with zero attached hydrogens (tertiary/aromatic N) is 1. The Morgan fingerprint density at radius 2 is 0.887 bits per heavy atom. The van der Waals surface area contributed by atoms with Gasteiger partial charge in [-0.2, -0.15) is 0 Å². The second kappa shape index (κ2) is 39.7. The molecule has 0 rings (SSSR count). The molecule has 0 fully saturated rings. The zero-order valence-electron chi connectivity index (χ0n) is 36.3. The van der Waals surface area contributed by atoms with Crippen LogP contribution < -0.4 is 0 Å². The van der Waals surface area contributed by atoms with E-state index in [1.54, 1.807) is 0 Å². The van der Waals surface area contributed by atoms with Crippen LogP contribution in [0.25, 0.3) is 0 Å². The van der Waals surface area contributed by atoms with Gasteiger partial charge in [0.15, 0.2) is 0 Å². The van der Waals surface area contributed by atoms with Crippen LogP contribution in [0.15, 0.2) is 24.3 Å². The van der Waals surface area contributed by atoms with Crippen LogP contribution >= 0.6 is 7.82 Å². The molecule has 0 aromatic heterocycles. The van der Waals surface area contributed by atoms with Crippen molar-refractivity contribution in [1.82, 2.24) is 0 Å². The molecule has 8 heteroatoms. The van der Waals surface area contributed by atoms with Gasteiger partial charge in [0.05, 0.1) is 34.4 Å². The van der Waals surface area contributed by atoms with Gasteiger partial charge >= 0.3 is 7.82 Å². The molecule has 0 aliphatic heterocycles. The maximum absolute atomic E-state index is 13.1. The number of quaternary nitrogens is 1. The van der Waals surface area contributed by atoms with Crippen molar-refractivity contribution in [3.8, 4) is 0 Å². The number of phosphoric ester groups is 1. The SMILES string of the molecule is CCCCCCCC/C=C\CCCCCCCCOC[C@H](COP(=O)(OC)OCC[N+](C)(C)C)OCCCCCCCC/C=C\CCCCCCCC. The van der Waals surface area contributed by atoms with Crippen LogP contribution in [-0.4, -0.2) is 78.4 Å². The normalized spacial score (nSPS) is 14.2. The number of hydrogen-bond donors (Lipinski definition) is 0. The average molecular weight is 773 g/mol. The van der Waals surface area contributed by atoms with Gasteiger partial charge in [0, 0.05) is 20.3 Å². The average Bonchev–Trinajstić information content (AvgIpc) is 3.13. The van der Waals surface area contributed by atoms with E-state index in [0.29, 0.717) is 37.5 Å². The van der Waals surface area contributed by atoms with Gasteiger partial charge < -0.3 is 14.0 Å². The highest BCUT2D eigenvalue weighted by Crippen LogP contribution is 2.48. The summed E-state index contributed by atoms with van der Waals surface area (Å²) in [6, 6.07) is 0. The fraction of sp³-hybridized carbons (Fsp3) is 0.911. The summed E-state index contributed by atoms with van der Waals surface area (Å²) in [4.78, 5) is 0. The van der Waals surface area contributed by atoms with Crippen LogP contribution in [0.5, 0.6) is 0 Å². The first-order chi connectivity index (χ1) is 25.8. The molecule has 316 valence electrons. The highest BCUT2D eigenvalue weighted by atomic mass is 31.2. The largest absolute Gasteiger partial charge is 0.474 e. The lowest BCUT2D eigenvalue weighted by atomic mass is 10.1. The molecule has 0 saturated heterocycles. The van der Waals surface area contributed by atoms with Crippen molar-refractivity contribution in [2.75, 3.05) is 67.8 Å². The first kappa shape index (κ1) is 52.5. The van der Waals surface area contributed by atoms with Crippen molar-refractivity contribution >= 4 is 7.82 Å². The molecular weight excluding hydrogens is 681 g/mol. The minimum atomic E-state index is -3.65. The summed E-state index contributed by atoms with van der Waals surface area (Å²) in [6.45, 7) is 7.44. The van der Waals surface area contributed by atoms with Gasteiger partial charge in [-0.25, -0.2) is 4.57 Å². The van der Waals surface area contributed by atoms with Crippen LogP contribution in [0, 0.1) is 0 Å². The zero-order chi connectivity index (χ0) is 39.0. The monoisotopic (exact) mass is 773 g/mol. The molecule has 0 heterocycles. The van der Waals surface area contributed by atoms with Crippen molar-refractivity contribution in [3.63, 3.8) is 0 Å². The van der Waals surface area contributed by atoms with Gasteiger partial charge in [-0.05, 0) is 64.2 Å². The third-order valence-corrected chi connectivity index (χ3v) is 11.2. The molecule has 0 bridgehead atoms. The van der Waals surface area contributed by atoms with Crippen LogP contribution in [0.1, 0.15) is 194 Å². The van der Waals surface area contributed by atoms with E-state index < -0.39 is 7.82 Å². The van der Waals surface area contributed by atoms with Crippen LogP contribution in [0.4, 0.5) is 0 Å². The summed E-state index contributed by atoms with van der Waals surface area (Å²) in [6.07, 6.45) is 45.3. The van der Waals surface area contributed by atoms with E-state index in [4.69, 9.17) is 23.0 Å². The lowest BCUT2D eigenvalue weighted by molar-refractivity contribution is -0.870. The van der Waals surface area contributed by atoms with E-state index in [2.05, 4.69) is 59.3 Å². The van der Waals surface area contributed by atoms with Crippen molar-refractivity contribution in [2.45, 2.75) is 200 Å². The van der Waals surface area contributed by atoms with Crippen LogP contribution in [-0.2, 0) is 27.6 Å². The highest BCUT2D eigenvalue weighted by Gasteiger charge is 2.28. The molecule has 0 aromatic rings. The van der Waals surface area contributed by atoms with Crippen LogP contribution in [0.2, 0.25) is 0 Å². The van der Waals surface area contributed by atoms with Crippen molar-refractivity contribution in [3.05, 3.63) is 24.3 Å². The molecule has 0 amide bonds. The number of ether oxygens (including phenoxy) is 2. The van der Waals surface area contributed by atoms with Crippen LogP contribution in [0.3, 0.4) is 0 Å². The smallest absolute Gasteiger partial charge is 0.379 e. The third-order valence-electron chi connectivity index (χ3n) is 9.77. The molecule has 7 nitrogen and oxygen atoms in total. The quantitative estimate of drug-likeness (QED) is 0.0266. The second-order valence-corrected chi connectivity index (χ2v) is 18.0. The molecule has 0 aromatic carbocycles. The fourth-order valence-electron chi connectivity index (χ4n) is 6.15. The lowest BCUT2D eigenvalue weighted by Gasteiger charge is -2.25. The number of likely N-dealkylation sites (N-methyl/N-ethyl adjacent to an activating group) is 1. The van der Waals surface area contributed by atoms with Crippen molar-refractivity contribution in [2.24, 2.45) is 0 Å². The molecular formula is C45H91NO6P+. The number of allylic oxidation sites excluding steroid dienone is 4. The lowest BCUT2D eigenvalue weighted by Crippen LogP contribution is -2.37. The topological polar surface area (TPSA) is 63.2 Å². The van der Waals surface area contributed by atoms with Gasteiger partial charge in [0.2, 0.25) is 0 Å². The minimum Gasteiger partial charge on any atom is -0.379 e. The Kier molecular flexibility index (Phi) is 39.3. The number of hydrogen-bond acceptors (Lipinski definition) is 6. The van der Waals surface area contributed by atoms with Gasteiger partial charge in [0.1, 0.15) is 19.3 Å². The summed E-state index contributed by atoms with van der Waals surface area (Å²) in [5, 5.41) is 0. The Hall–Kier alpha value is -0.530. The highest BCUT2D eigenvalue weighted by molar-refractivity contribution is 7.48. The first-order valence-electron chi connectivity index (χ1n) is 22.5. The molecule has 53 heavy (non-hydrogen) atoms. The number of phosphoric acid groups is 1. The number of rotatable bonds is 43. The molecule has 0 spiro atoms. The third kappa shape index (κ3) is 40.9. The van der Waals surface area contributed by atoms with E-state index in [1.807, 2.05) is 0 Å². The van der Waals surface area contributed by atoms with Crippen molar-refractivity contribution in [1.29, 1.82) is 0 Å². The second-order valence-electron chi connectivity index (χ2n) is 16.2. The summed E-state index contributed by atoms with van der Waals surface area (Å²) < 4.78 is 42.5. The van der Waals surface area contributed by atoms with Crippen molar-refractivity contribution < 1.29 is 32.1 Å². The summed E-state index contributed by atoms with van der Waals surface area (Å²) >= 11 is 0. The van der Waals surface area contributed by atoms with Gasteiger partial charge in [-0.3, -0.25) is 13.6 Å². The maximum atomic E-state index is 13.1. The minimum absolute atomic E-state index is 0.120. The van der Waals surface area contributed by atoms with E-state index in [1.165, 1.54) is 168 Å². The molecule has 0 saturated carbocycles. The molecule has 1 unspecified atom stereocenters. The predicted molar refractivity (Wildman–Crippen MR) is 229 cm³/mol. The van der Waals surface area contributed by atoms with Gasteiger partial charge in [0.25, 0.3) is 0 Å². The Bertz CT molecular complexity index is 845. The molecule has 2 atom stereocenters. The fourth-order valence-corrected chi connectivity index (χ4v) is 7.09. The molecule has 0 aliphatic carbocycles. The molecule has 0 N–H and O–H groups in total. The standard InChI is InChI=1S/C45H91NO6P/c1-7-9-11-13-15-17-19-21-23-25-27-29-31-33-35-37-40-49-43-45(44-52-53(47,48-6)51-42-39-46(3,4)5)50-41-38-36-34-32-30-28-26-24-22-20-18-16-14-12-10-8-2/h21-24,45H,7-20,25-44H2,1-6H3/q+1/b23-21-,24-22-/t45-,53?/m1/s1. The summed E-state index contributed by atoms with van der Waals surface area (Å²) in [7, 11) is 3.92. The summed E-state index contributed by atoms with van der Waals surface area (Å²) in [5.41, 5.74) is 0.